The SMILES string of the molecule is COc1cc2c(cc1OCCCC(=O)Nc1cc(C(=O)Nc3ccc4oc(C(=O)N5CCCCC5)cc4c3)n(C)c1)N=C[C@@H]1CCCN1C2=O. The van der Waals surface area contributed by atoms with Gasteiger partial charge >= 0.3 is 0 Å². The Kier molecular flexibility index (Phi) is 9.29. The van der Waals surface area contributed by atoms with Crippen molar-refractivity contribution in [2.45, 2.75) is 51.0 Å². The van der Waals surface area contributed by atoms with E-state index in [4.69, 9.17) is 13.9 Å². The number of methoxy groups -OCH3 is 1. The van der Waals surface area contributed by atoms with Crippen LogP contribution in [0.4, 0.5) is 17.1 Å². The molecule has 260 valence electrons. The van der Waals surface area contributed by atoms with Crippen LogP contribution in [0, 0.1) is 0 Å². The smallest absolute Gasteiger partial charge is 0.289 e. The molecule has 5 heterocycles. The molecule has 2 saturated heterocycles. The van der Waals surface area contributed by atoms with Crippen LogP contribution in [0.3, 0.4) is 0 Å². The molecule has 0 spiro atoms. The lowest BCUT2D eigenvalue weighted by molar-refractivity contribution is -0.116. The zero-order chi connectivity index (χ0) is 34.8. The number of fused-ring (bicyclic) bond motifs is 3. The van der Waals surface area contributed by atoms with Crippen LogP contribution < -0.4 is 20.1 Å². The molecule has 2 N–H and O–H groups in total. The summed E-state index contributed by atoms with van der Waals surface area (Å²) < 4.78 is 18.9. The van der Waals surface area contributed by atoms with Crippen molar-refractivity contribution in [1.82, 2.24) is 14.4 Å². The van der Waals surface area contributed by atoms with Gasteiger partial charge in [0.25, 0.3) is 17.7 Å². The topological polar surface area (TPSA) is 148 Å². The number of aliphatic imine (C=N–C) groups is 1. The predicted molar refractivity (Wildman–Crippen MR) is 188 cm³/mol. The van der Waals surface area contributed by atoms with Crippen LogP contribution in [-0.2, 0) is 11.8 Å². The average molecular weight is 681 g/mol. The summed E-state index contributed by atoms with van der Waals surface area (Å²) in [6, 6.07) is 12.0. The second kappa shape index (κ2) is 14.1. The number of rotatable bonds is 10. The third kappa shape index (κ3) is 6.80. The van der Waals surface area contributed by atoms with Gasteiger partial charge in [0.15, 0.2) is 17.3 Å². The molecule has 4 amide bonds. The molecule has 3 aliphatic heterocycles. The van der Waals surface area contributed by atoms with Gasteiger partial charge < -0.3 is 38.9 Å². The molecule has 2 fully saturated rings. The number of nitrogens with one attached hydrogen (secondary N) is 2. The molecule has 50 heavy (non-hydrogen) atoms. The monoisotopic (exact) mass is 680 g/mol. The number of carbonyl (C=O) groups excluding carboxylic acids is 4. The maximum absolute atomic E-state index is 13.2. The van der Waals surface area contributed by atoms with Crippen LogP contribution in [0.25, 0.3) is 11.0 Å². The second-order valence-corrected chi connectivity index (χ2v) is 12.9. The Morgan fingerprint density at radius 3 is 2.62 bits per heavy atom. The molecule has 0 radical (unpaired) electrons. The summed E-state index contributed by atoms with van der Waals surface area (Å²) in [7, 11) is 3.25. The number of anilines is 2. The van der Waals surface area contributed by atoms with Crippen LogP contribution in [-0.4, -0.2) is 83.6 Å². The lowest BCUT2D eigenvalue weighted by Gasteiger charge is -2.25. The molecule has 0 saturated carbocycles. The van der Waals surface area contributed by atoms with E-state index in [9.17, 15) is 19.2 Å². The fourth-order valence-electron chi connectivity index (χ4n) is 6.79. The summed E-state index contributed by atoms with van der Waals surface area (Å²) >= 11 is 0. The van der Waals surface area contributed by atoms with Gasteiger partial charge in [0, 0.05) is 62.7 Å². The van der Waals surface area contributed by atoms with E-state index >= 15 is 0 Å². The number of hydrogen-bond acceptors (Lipinski definition) is 8. The summed E-state index contributed by atoms with van der Waals surface area (Å²) in [5.41, 5.74) is 2.99. The molecular formula is C37H40N6O7. The van der Waals surface area contributed by atoms with E-state index in [2.05, 4.69) is 15.6 Å². The molecule has 4 aromatic rings. The Hall–Kier alpha value is -5.59. The van der Waals surface area contributed by atoms with E-state index < -0.39 is 0 Å². The number of benzene rings is 2. The van der Waals surface area contributed by atoms with Gasteiger partial charge in [0.05, 0.1) is 36.7 Å². The van der Waals surface area contributed by atoms with Crippen LogP contribution in [0.2, 0.25) is 0 Å². The van der Waals surface area contributed by atoms with Crippen molar-refractivity contribution in [3.05, 3.63) is 65.7 Å². The highest BCUT2D eigenvalue weighted by Crippen LogP contribution is 2.38. The number of piperidine rings is 1. The Morgan fingerprint density at radius 2 is 1.80 bits per heavy atom. The zero-order valence-corrected chi connectivity index (χ0v) is 28.2. The van der Waals surface area contributed by atoms with Gasteiger partial charge in [-0.2, -0.15) is 0 Å². The summed E-state index contributed by atoms with van der Waals surface area (Å²) in [5, 5.41) is 6.46. The highest BCUT2D eigenvalue weighted by Gasteiger charge is 2.32. The van der Waals surface area contributed by atoms with Gasteiger partial charge in [-0.25, -0.2) is 0 Å². The van der Waals surface area contributed by atoms with Gasteiger partial charge in [-0.05, 0) is 74.9 Å². The van der Waals surface area contributed by atoms with Crippen LogP contribution in [0.15, 0.2) is 58.1 Å². The molecular weight excluding hydrogens is 640 g/mol. The molecule has 0 bridgehead atoms. The number of furan rings is 1. The highest BCUT2D eigenvalue weighted by atomic mass is 16.5. The van der Waals surface area contributed by atoms with Crippen molar-refractivity contribution in [2.75, 3.05) is 44.0 Å². The van der Waals surface area contributed by atoms with E-state index in [1.807, 2.05) is 16.0 Å². The minimum atomic E-state index is -0.352. The fraction of sp³-hybridized carbons (Fsp3) is 0.378. The maximum Gasteiger partial charge on any atom is 0.289 e. The first-order chi connectivity index (χ1) is 24.3. The predicted octanol–water partition coefficient (Wildman–Crippen LogP) is 5.78. The largest absolute Gasteiger partial charge is 0.493 e. The van der Waals surface area contributed by atoms with Gasteiger partial charge in [-0.15, -0.1) is 0 Å². The van der Waals surface area contributed by atoms with E-state index in [-0.39, 0.29) is 42.7 Å². The summed E-state index contributed by atoms with van der Waals surface area (Å²) in [6.45, 7) is 2.42. The normalized spacial score (nSPS) is 16.9. The lowest BCUT2D eigenvalue weighted by atomic mass is 10.1. The minimum absolute atomic E-state index is 0.00769. The Morgan fingerprint density at radius 1 is 0.960 bits per heavy atom. The van der Waals surface area contributed by atoms with E-state index in [0.29, 0.717) is 64.1 Å². The Balaban J connectivity index is 0.917. The van der Waals surface area contributed by atoms with Gasteiger partial charge in [0.1, 0.15) is 11.3 Å². The third-order valence-electron chi connectivity index (χ3n) is 9.41. The quantitative estimate of drug-likeness (QED) is 0.202. The van der Waals surface area contributed by atoms with Crippen molar-refractivity contribution in [3.8, 4) is 11.5 Å². The second-order valence-electron chi connectivity index (χ2n) is 12.9. The first-order valence-corrected chi connectivity index (χ1v) is 17.1. The van der Waals surface area contributed by atoms with Gasteiger partial charge in [-0.3, -0.25) is 24.2 Å². The number of likely N-dealkylation sites (tertiary alicyclic amines) is 1. The number of aromatic nitrogens is 1. The maximum atomic E-state index is 13.2. The van der Waals surface area contributed by atoms with Crippen molar-refractivity contribution in [1.29, 1.82) is 0 Å². The lowest BCUT2D eigenvalue weighted by Crippen LogP contribution is -2.35. The standard InChI is InChI=1S/C37H40N6O7/c1-41-22-25(18-29(41)35(45)40-24-10-11-30-23(16-24)17-33(50-30)37(47)42-12-4-3-5-13-42)39-34(44)9-7-15-49-32-20-28-27(19-31(32)48-2)36(46)43-14-6-8-26(43)21-38-28/h10-11,16-22,26H,3-9,12-15H2,1-2H3,(H,39,44)(H,40,45)/t26-/m0/s1. The van der Waals surface area contributed by atoms with Crippen molar-refractivity contribution >= 4 is 57.9 Å². The number of nitrogens with zero attached hydrogens (tertiary/aromatic N) is 4. The van der Waals surface area contributed by atoms with E-state index in [1.165, 1.54) is 7.11 Å². The molecule has 7 rings (SSSR count). The molecule has 2 aromatic carbocycles. The van der Waals surface area contributed by atoms with Gasteiger partial charge in [-0.1, -0.05) is 0 Å². The zero-order valence-electron chi connectivity index (χ0n) is 28.2. The average Bonchev–Trinajstić information content (AvgIpc) is 3.85. The van der Waals surface area contributed by atoms with Crippen LogP contribution in [0.1, 0.15) is 76.3 Å². The minimum Gasteiger partial charge on any atom is -0.493 e. The molecule has 0 aliphatic carbocycles. The van der Waals surface area contributed by atoms with Crippen molar-refractivity contribution in [3.63, 3.8) is 0 Å². The molecule has 3 aliphatic rings. The summed E-state index contributed by atoms with van der Waals surface area (Å²) in [4.78, 5) is 60.2. The molecule has 0 unspecified atom stereocenters. The van der Waals surface area contributed by atoms with Crippen molar-refractivity contribution < 1.29 is 33.1 Å². The summed E-state index contributed by atoms with van der Waals surface area (Å²) in [6.07, 6.45) is 9.09. The fourth-order valence-corrected chi connectivity index (χ4v) is 6.79. The van der Waals surface area contributed by atoms with E-state index in [0.717, 1.165) is 50.6 Å². The number of aryl methyl sites for hydroxylation is 1. The van der Waals surface area contributed by atoms with E-state index in [1.54, 1.807) is 60.3 Å². The van der Waals surface area contributed by atoms with Crippen LogP contribution in [0.5, 0.6) is 11.5 Å². The number of amides is 4. The Bertz CT molecular complexity index is 1990. The molecule has 2 aromatic heterocycles. The summed E-state index contributed by atoms with van der Waals surface area (Å²) in [5.74, 6) is 0.427. The van der Waals surface area contributed by atoms with Crippen LogP contribution >= 0.6 is 0 Å². The number of ether oxygens (including phenoxy) is 2. The first kappa shape index (κ1) is 32.9. The van der Waals surface area contributed by atoms with Gasteiger partial charge in [0.2, 0.25) is 5.91 Å². The first-order valence-electron chi connectivity index (χ1n) is 17.1. The molecule has 13 heteroatoms. The molecule has 13 nitrogen and oxygen atoms in total. The highest BCUT2D eigenvalue weighted by molar-refractivity contribution is 6.06. The number of carbonyl (C=O) groups is 4. The third-order valence-corrected chi connectivity index (χ3v) is 9.41. The number of hydrogen-bond donors (Lipinski definition) is 2. The van der Waals surface area contributed by atoms with Crippen molar-refractivity contribution in [2.24, 2.45) is 12.0 Å². The molecule has 1 atom stereocenters. The Labute approximate surface area is 289 Å².